The molecule has 0 aliphatic heterocycles. The van der Waals surface area contributed by atoms with Gasteiger partial charge in [-0.25, -0.2) is 4.68 Å². The topological polar surface area (TPSA) is 38.0 Å². The van der Waals surface area contributed by atoms with Gasteiger partial charge in [0, 0.05) is 6.07 Å². The van der Waals surface area contributed by atoms with Crippen LogP contribution in [0.2, 0.25) is 0 Å². The number of phenols is 1. The summed E-state index contributed by atoms with van der Waals surface area (Å²) in [5, 5.41) is 12.0. The molecule has 0 radical (unpaired) electrons. The number of halogens is 6. The van der Waals surface area contributed by atoms with Gasteiger partial charge in [-0.15, -0.1) is 0 Å². The smallest absolute Gasteiger partial charge is 0.435 e. The van der Waals surface area contributed by atoms with Crippen molar-refractivity contribution in [3.63, 3.8) is 0 Å². The van der Waals surface area contributed by atoms with E-state index in [1.807, 2.05) is 0 Å². The molecule has 20 heavy (non-hydrogen) atoms. The molecule has 108 valence electrons. The van der Waals surface area contributed by atoms with Gasteiger partial charge in [-0.1, -0.05) is 0 Å². The summed E-state index contributed by atoms with van der Waals surface area (Å²) >= 11 is 0. The van der Waals surface area contributed by atoms with Crippen molar-refractivity contribution in [2.75, 3.05) is 0 Å². The molecule has 0 aliphatic carbocycles. The van der Waals surface area contributed by atoms with Crippen molar-refractivity contribution in [2.24, 2.45) is 0 Å². The van der Waals surface area contributed by atoms with E-state index in [-0.39, 0.29) is 22.2 Å². The molecule has 9 heteroatoms. The first-order valence-corrected chi connectivity index (χ1v) is 5.13. The van der Waals surface area contributed by atoms with E-state index in [4.69, 9.17) is 5.11 Å². The second-order valence-electron chi connectivity index (χ2n) is 3.84. The number of aromatic nitrogens is 2. The number of nitrogens with zero attached hydrogens (tertiary/aromatic N) is 2. The molecule has 0 amide bonds. The van der Waals surface area contributed by atoms with Gasteiger partial charge in [0.05, 0.1) is 5.69 Å². The molecule has 0 saturated heterocycles. The summed E-state index contributed by atoms with van der Waals surface area (Å²) in [6.45, 7) is 0. The van der Waals surface area contributed by atoms with Gasteiger partial charge in [-0.2, -0.15) is 31.4 Å². The third-order valence-corrected chi connectivity index (χ3v) is 2.38. The summed E-state index contributed by atoms with van der Waals surface area (Å²) < 4.78 is 75.8. The summed E-state index contributed by atoms with van der Waals surface area (Å²) in [5.74, 6) is -0.231. The third kappa shape index (κ3) is 2.70. The minimum absolute atomic E-state index is 0.0626. The number of hydrogen-bond acceptors (Lipinski definition) is 2. The summed E-state index contributed by atoms with van der Waals surface area (Å²) in [4.78, 5) is 0. The number of benzene rings is 1. The minimum atomic E-state index is -4.99. The Morgan fingerprint density at radius 2 is 1.45 bits per heavy atom. The van der Waals surface area contributed by atoms with Crippen LogP contribution in [0.15, 0.2) is 30.3 Å². The molecule has 0 atom stereocenters. The first-order valence-electron chi connectivity index (χ1n) is 5.13. The molecule has 0 unspecified atom stereocenters. The van der Waals surface area contributed by atoms with E-state index in [9.17, 15) is 26.3 Å². The highest BCUT2D eigenvalue weighted by Gasteiger charge is 2.42. The predicted molar refractivity (Wildman–Crippen MR) is 55.2 cm³/mol. The van der Waals surface area contributed by atoms with Crippen molar-refractivity contribution in [3.05, 3.63) is 41.7 Å². The highest BCUT2D eigenvalue weighted by Crippen LogP contribution is 2.36. The molecule has 2 aromatic rings. The normalized spacial score (nSPS) is 12.7. The SMILES string of the molecule is Oc1ccc(-n2nc(C(F)(F)F)cc2C(F)(F)F)cc1. The van der Waals surface area contributed by atoms with Gasteiger partial charge in [-0.05, 0) is 24.3 Å². The lowest BCUT2D eigenvalue weighted by Crippen LogP contribution is -2.13. The fourth-order valence-corrected chi connectivity index (χ4v) is 1.51. The summed E-state index contributed by atoms with van der Waals surface area (Å²) in [5.41, 5.74) is -3.43. The molecule has 2 rings (SSSR count). The molecule has 1 N–H and O–H groups in total. The van der Waals surface area contributed by atoms with Crippen molar-refractivity contribution in [1.29, 1.82) is 0 Å². The Bertz CT molecular complexity index is 611. The molecule has 1 aromatic carbocycles. The fourth-order valence-electron chi connectivity index (χ4n) is 1.51. The van der Waals surface area contributed by atoms with Gasteiger partial charge in [0.25, 0.3) is 0 Å². The lowest BCUT2D eigenvalue weighted by Gasteiger charge is -2.09. The Kier molecular flexibility index (Phi) is 3.15. The Morgan fingerprint density at radius 3 is 1.90 bits per heavy atom. The van der Waals surface area contributed by atoms with Crippen LogP contribution in [-0.4, -0.2) is 14.9 Å². The number of phenolic OH excluding ortho intramolecular Hbond substituents is 1. The number of alkyl halides is 6. The quantitative estimate of drug-likeness (QED) is 0.816. The van der Waals surface area contributed by atoms with Crippen LogP contribution in [0, 0.1) is 0 Å². The number of hydrogen-bond donors (Lipinski definition) is 1. The van der Waals surface area contributed by atoms with Gasteiger partial charge in [0.2, 0.25) is 0 Å². The van der Waals surface area contributed by atoms with E-state index in [0.29, 0.717) is 0 Å². The van der Waals surface area contributed by atoms with E-state index in [1.165, 1.54) is 0 Å². The summed E-state index contributed by atoms with van der Waals surface area (Å²) in [7, 11) is 0. The maximum absolute atomic E-state index is 12.7. The van der Waals surface area contributed by atoms with Crippen LogP contribution >= 0.6 is 0 Å². The number of aromatic hydroxyl groups is 1. The van der Waals surface area contributed by atoms with Crippen LogP contribution in [-0.2, 0) is 12.4 Å². The standard InChI is InChI=1S/C11H6F6N2O/c12-10(13,14)8-5-9(11(15,16)17)19(18-8)6-1-3-7(20)4-2-6/h1-5,20H. The van der Waals surface area contributed by atoms with E-state index < -0.39 is 23.7 Å². The molecule has 0 bridgehead atoms. The van der Waals surface area contributed by atoms with Crippen LogP contribution in [0.1, 0.15) is 11.4 Å². The highest BCUT2D eigenvalue weighted by molar-refractivity contribution is 5.38. The molecule has 0 spiro atoms. The van der Waals surface area contributed by atoms with Crippen LogP contribution in [0.5, 0.6) is 5.75 Å². The zero-order valence-corrected chi connectivity index (χ0v) is 9.50. The Morgan fingerprint density at radius 1 is 0.900 bits per heavy atom. The van der Waals surface area contributed by atoms with Gasteiger partial charge < -0.3 is 5.11 Å². The maximum atomic E-state index is 12.7. The molecule has 3 nitrogen and oxygen atoms in total. The van der Waals surface area contributed by atoms with E-state index >= 15 is 0 Å². The van der Waals surface area contributed by atoms with Gasteiger partial charge in [-0.3, -0.25) is 0 Å². The first-order chi connectivity index (χ1) is 9.09. The first kappa shape index (κ1) is 14.2. The van der Waals surface area contributed by atoms with Crippen LogP contribution in [0.25, 0.3) is 5.69 Å². The Hall–Kier alpha value is -2.19. The van der Waals surface area contributed by atoms with E-state index in [2.05, 4.69) is 5.10 Å². The van der Waals surface area contributed by atoms with Crippen molar-refractivity contribution in [3.8, 4) is 11.4 Å². The minimum Gasteiger partial charge on any atom is -0.508 e. The van der Waals surface area contributed by atoms with Crippen molar-refractivity contribution in [2.45, 2.75) is 12.4 Å². The summed E-state index contributed by atoms with van der Waals surface area (Å²) in [6.07, 6.45) is -9.98. The number of rotatable bonds is 1. The van der Waals surface area contributed by atoms with Crippen molar-refractivity contribution < 1.29 is 31.4 Å². The average molecular weight is 296 g/mol. The molecule has 0 saturated carbocycles. The molecule has 0 aliphatic rings. The van der Waals surface area contributed by atoms with Crippen LogP contribution < -0.4 is 0 Å². The Balaban J connectivity index is 2.62. The highest BCUT2D eigenvalue weighted by atomic mass is 19.4. The van der Waals surface area contributed by atoms with Crippen molar-refractivity contribution in [1.82, 2.24) is 9.78 Å². The maximum Gasteiger partial charge on any atom is 0.435 e. The fraction of sp³-hybridized carbons (Fsp3) is 0.182. The monoisotopic (exact) mass is 296 g/mol. The lowest BCUT2D eigenvalue weighted by molar-refractivity contribution is -0.143. The molecule has 1 aromatic heterocycles. The molecular formula is C11H6F6N2O. The average Bonchev–Trinajstić information content (AvgIpc) is 2.74. The molecule has 0 fully saturated rings. The zero-order chi connectivity index (χ0) is 15.1. The summed E-state index contributed by atoms with van der Waals surface area (Å²) in [6, 6.07) is 4.08. The Labute approximate surface area is 108 Å². The van der Waals surface area contributed by atoms with E-state index in [1.54, 1.807) is 0 Å². The van der Waals surface area contributed by atoms with Gasteiger partial charge >= 0.3 is 12.4 Å². The van der Waals surface area contributed by atoms with E-state index in [0.717, 1.165) is 24.3 Å². The van der Waals surface area contributed by atoms with Gasteiger partial charge in [0.15, 0.2) is 5.69 Å². The lowest BCUT2D eigenvalue weighted by atomic mass is 10.3. The van der Waals surface area contributed by atoms with Gasteiger partial charge in [0.1, 0.15) is 11.4 Å². The second kappa shape index (κ2) is 4.43. The zero-order valence-electron chi connectivity index (χ0n) is 9.50. The molecule has 1 heterocycles. The van der Waals surface area contributed by atoms with Crippen molar-refractivity contribution >= 4 is 0 Å². The predicted octanol–water partition coefficient (Wildman–Crippen LogP) is 3.62. The third-order valence-electron chi connectivity index (χ3n) is 2.38. The molecular weight excluding hydrogens is 290 g/mol. The van der Waals surface area contributed by atoms with Crippen LogP contribution in [0.4, 0.5) is 26.3 Å². The second-order valence-corrected chi connectivity index (χ2v) is 3.84. The largest absolute Gasteiger partial charge is 0.508 e. The van der Waals surface area contributed by atoms with Crippen LogP contribution in [0.3, 0.4) is 0 Å².